The van der Waals surface area contributed by atoms with E-state index in [1.165, 1.54) is 9.80 Å². The Balaban J connectivity index is 0.000000791. The van der Waals surface area contributed by atoms with Gasteiger partial charge in [0.05, 0.1) is 0 Å². The molecular weight excluding hydrogens is 187 g/mol. The number of hydrogen-bond donors (Lipinski definition) is 0. The van der Waals surface area contributed by atoms with Gasteiger partial charge in [-0.25, -0.2) is 4.39 Å². The summed E-state index contributed by atoms with van der Waals surface area (Å²) in [5.41, 5.74) is 0. The zero-order valence-corrected chi connectivity index (χ0v) is 8.92. The molecule has 0 N–H and O–H groups in total. The Bertz CT molecular complexity index is 209. The lowest BCUT2D eigenvalue weighted by atomic mass is 10.3. The molecule has 1 saturated heterocycles. The van der Waals surface area contributed by atoms with E-state index in [9.17, 15) is 14.0 Å². The normalized spacial score (nSPS) is 16.6. The summed E-state index contributed by atoms with van der Waals surface area (Å²) >= 11 is 0. The maximum Gasteiger partial charge on any atom is 0.312 e. The summed E-state index contributed by atoms with van der Waals surface area (Å²) < 4.78 is 11.9. The molecule has 1 rings (SSSR count). The van der Waals surface area contributed by atoms with Crippen LogP contribution in [0.5, 0.6) is 0 Å². The summed E-state index contributed by atoms with van der Waals surface area (Å²) in [6, 6.07) is 0. The fourth-order valence-corrected chi connectivity index (χ4v) is 1.09. The number of halogens is 1. The van der Waals surface area contributed by atoms with Crippen LogP contribution in [0.15, 0.2) is 0 Å². The van der Waals surface area contributed by atoms with Gasteiger partial charge in [0.2, 0.25) is 0 Å². The Morgan fingerprint density at radius 2 is 1.79 bits per heavy atom. The van der Waals surface area contributed by atoms with Crippen molar-refractivity contribution in [2.75, 3.05) is 33.4 Å². The molecule has 1 aliphatic heterocycles. The average Bonchev–Trinajstić information content (AvgIpc) is 2.22. The van der Waals surface area contributed by atoms with Crippen molar-refractivity contribution >= 4 is 11.8 Å². The minimum atomic E-state index is -0.596. The Morgan fingerprint density at radius 3 is 2.29 bits per heavy atom. The maximum atomic E-state index is 11.9. The van der Waals surface area contributed by atoms with Crippen molar-refractivity contribution in [3.05, 3.63) is 0 Å². The van der Waals surface area contributed by atoms with Gasteiger partial charge < -0.3 is 9.80 Å². The summed E-state index contributed by atoms with van der Waals surface area (Å²) in [6.45, 7) is 4.36. The predicted molar refractivity (Wildman–Crippen MR) is 51.5 cm³/mol. The molecule has 4 nitrogen and oxygen atoms in total. The number of carbonyl (C=O) groups is 2. The quantitative estimate of drug-likeness (QED) is 0.606. The highest BCUT2D eigenvalue weighted by molar-refractivity contribution is 6.35. The smallest absolute Gasteiger partial charge is 0.312 e. The van der Waals surface area contributed by atoms with Gasteiger partial charge in [0.25, 0.3) is 0 Å². The van der Waals surface area contributed by atoms with Crippen LogP contribution in [-0.2, 0) is 9.59 Å². The summed E-state index contributed by atoms with van der Waals surface area (Å²) in [5.74, 6) is -1.14. The minimum absolute atomic E-state index is 0.0262. The molecule has 0 aromatic heterocycles. The molecule has 0 aromatic carbocycles. The van der Waals surface area contributed by atoms with Crippen molar-refractivity contribution in [2.24, 2.45) is 0 Å². The van der Waals surface area contributed by atoms with Crippen LogP contribution >= 0.6 is 0 Å². The van der Waals surface area contributed by atoms with E-state index in [1.807, 2.05) is 13.8 Å². The molecule has 1 heterocycles. The van der Waals surface area contributed by atoms with Crippen LogP contribution in [0.2, 0.25) is 0 Å². The first-order valence-electron chi connectivity index (χ1n) is 4.77. The molecule has 0 atom stereocenters. The Labute approximate surface area is 83.7 Å². The first-order valence-corrected chi connectivity index (χ1v) is 4.77. The van der Waals surface area contributed by atoms with Crippen molar-refractivity contribution < 1.29 is 14.0 Å². The van der Waals surface area contributed by atoms with E-state index < -0.39 is 18.5 Å². The second kappa shape index (κ2) is 6.34. The summed E-state index contributed by atoms with van der Waals surface area (Å²) in [5, 5.41) is 0. The fourth-order valence-electron chi connectivity index (χ4n) is 1.09. The third-order valence-corrected chi connectivity index (χ3v) is 1.88. The average molecular weight is 204 g/mol. The second-order valence-corrected chi connectivity index (χ2v) is 2.71. The second-order valence-electron chi connectivity index (χ2n) is 2.71. The Hall–Kier alpha value is -1.13. The van der Waals surface area contributed by atoms with Crippen molar-refractivity contribution in [2.45, 2.75) is 13.8 Å². The number of amides is 2. The molecule has 0 aromatic rings. The number of alkyl halides is 1. The fraction of sp³-hybridized carbons (Fsp3) is 0.778. The Morgan fingerprint density at radius 1 is 1.21 bits per heavy atom. The van der Waals surface area contributed by atoms with Gasteiger partial charge in [-0.2, -0.15) is 0 Å². The Kier molecular flexibility index (Phi) is 5.83. The molecule has 0 spiro atoms. The lowest BCUT2D eigenvalue weighted by Crippen LogP contribution is -2.53. The van der Waals surface area contributed by atoms with Crippen LogP contribution < -0.4 is 0 Å². The third kappa shape index (κ3) is 2.97. The molecule has 1 aliphatic rings. The highest BCUT2D eigenvalue weighted by Crippen LogP contribution is 2.01. The van der Waals surface area contributed by atoms with Gasteiger partial charge in [-0.3, -0.25) is 9.59 Å². The number of carbonyl (C=O) groups excluding carboxylic acids is 2. The number of rotatable bonds is 2. The third-order valence-electron chi connectivity index (χ3n) is 1.88. The van der Waals surface area contributed by atoms with Crippen LogP contribution in [-0.4, -0.2) is 55.0 Å². The van der Waals surface area contributed by atoms with E-state index >= 15 is 0 Å². The van der Waals surface area contributed by atoms with Crippen molar-refractivity contribution in [3.63, 3.8) is 0 Å². The zero-order valence-electron chi connectivity index (χ0n) is 8.92. The van der Waals surface area contributed by atoms with Crippen LogP contribution in [0.3, 0.4) is 0 Å². The minimum Gasteiger partial charge on any atom is -0.336 e. The van der Waals surface area contributed by atoms with E-state index in [2.05, 4.69) is 0 Å². The molecule has 5 heteroatoms. The van der Waals surface area contributed by atoms with Gasteiger partial charge in [-0.1, -0.05) is 13.8 Å². The highest BCUT2D eigenvalue weighted by atomic mass is 19.1. The van der Waals surface area contributed by atoms with Gasteiger partial charge >= 0.3 is 11.8 Å². The molecule has 0 bridgehead atoms. The van der Waals surface area contributed by atoms with Crippen LogP contribution in [0, 0.1) is 0 Å². The van der Waals surface area contributed by atoms with E-state index in [-0.39, 0.29) is 6.54 Å². The number of nitrogens with zero attached hydrogens (tertiary/aromatic N) is 2. The molecule has 0 radical (unpaired) electrons. The zero-order chi connectivity index (χ0) is 11.1. The van der Waals surface area contributed by atoms with Gasteiger partial charge in [0.15, 0.2) is 0 Å². The summed E-state index contributed by atoms with van der Waals surface area (Å²) in [7, 11) is 1.56. The maximum absolute atomic E-state index is 11.9. The van der Waals surface area contributed by atoms with Crippen LogP contribution in [0.25, 0.3) is 0 Å². The number of piperazine rings is 1. The molecule has 1 fully saturated rings. The highest BCUT2D eigenvalue weighted by Gasteiger charge is 2.29. The molecule has 0 saturated carbocycles. The van der Waals surface area contributed by atoms with Crippen LogP contribution in [0.1, 0.15) is 13.8 Å². The molecule has 2 amide bonds. The SMILES string of the molecule is CC.CN1CCN(CCF)C(=O)C1=O. The van der Waals surface area contributed by atoms with E-state index in [1.54, 1.807) is 7.05 Å². The molecule has 0 aliphatic carbocycles. The topological polar surface area (TPSA) is 40.6 Å². The van der Waals surface area contributed by atoms with Gasteiger partial charge in [0.1, 0.15) is 6.67 Å². The van der Waals surface area contributed by atoms with Crippen molar-refractivity contribution in [3.8, 4) is 0 Å². The number of hydrogen-bond acceptors (Lipinski definition) is 2. The molecule has 0 unspecified atom stereocenters. The summed E-state index contributed by atoms with van der Waals surface area (Å²) in [6.07, 6.45) is 0. The van der Waals surface area contributed by atoms with Crippen LogP contribution in [0.4, 0.5) is 4.39 Å². The largest absolute Gasteiger partial charge is 0.336 e. The van der Waals surface area contributed by atoms with E-state index in [0.29, 0.717) is 13.1 Å². The molecule has 14 heavy (non-hydrogen) atoms. The standard InChI is InChI=1S/C7H11FN2O2.C2H6/c1-9-4-5-10(3-2-8)7(12)6(9)11;1-2/h2-5H2,1H3;1-2H3. The molecule has 82 valence electrons. The monoisotopic (exact) mass is 204 g/mol. The lowest BCUT2D eigenvalue weighted by molar-refractivity contribution is -0.155. The number of likely N-dealkylation sites (N-methyl/N-ethyl adjacent to an activating group) is 1. The van der Waals surface area contributed by atoms with Gasteiger partial charge in [0, 0.05) is 26.7 Å². The first-order chi connectivity index (χ1) is 6.66. The molecular formula is C9H17FN2O2. The van der Waals surface area contributed by atoms with Crippen molar-refractivity contribution in [1.82, 2.24) is 9.80 Å². The van der Waals surface area contributed by atoms with Gasteiger partial charge in [-0.15, -0.1) is 0 Å². The predicted octanol–water partition coefficient (Wildman–Crippen LogP) is 0.283. The summed E-state index contributed by atoms with van der Waals surface area (Å²) in [4.78, 5) is 24.7. The first kappa shape index (κ1) is 12.9. The van der Waals surface area contributed by atoms with Crippen molar-refractivity contribution in [1.29, 1.82) is 0 Å². The van der Waals surface area contributed by atoms with Gasteiger partial charge in [-0.05, 0) is 0 Å². The van der Waals surface area contributed by atoms with E-state index in [4.69, 9.17) is 0 Å². The lowest BCUT2D eigenvalue weighted by Gasteiger charge is -2.30. The van der Waals surface area contributed by atoms with E-state index in [0.717, 1.165) is 0 Å².